The first-order valence-corrected chi connectivity index (χ1v) is 7.42. The second-order valence-electron chi connectivity index (χ2n) is 5.83. The van der Waals surface area contributed by atoms with Gasteiger partial charge >= 0.3 is 5.97 Å². The molecule has 0 saturated heterocycles. The van der Waals surface area contributed by atoms with Crippen molar-refractivity contribution >= 4 is 11.8 Å². The number of carbonyl (C=O) groups is 1. The Morgan fingerprint density at radius 2 is 2.10 bits per heavy atom. The van der Waals surface area contributed by atoms with E-state index in [1.807, 2.05) is 13.8 Å². The summed E-state index contributed by atoms with van der Waals surface area (Å²) in [5.74, 6) is 0.550. The van der Waals surface area contributed by atoms with Gasteiger partial charge in [0.15, 0.2) is 5.69 Å². The van der Waals surface area contributed by atoms with Crippen molar-refractivity contribution in [1.29, 1.82) is 0 Å². The van der Waals surface area contributed by atoms with Gasteiger partial charge < -0.3 is 10.4 Å². The molecule has 0 unspecified atom stereocenters. The lowest BCUT2D eigenvalue weighted by molar-refractivity contribution is 0.0689. The predicted octanol–water partition coefficient (Wildman–Crippen LogP) is 3.29. The fourth-order valence-corrected chi connectivity index (χ4v) is 2.68. The standard InChI is InChI=1S/C15H23N3O2/c1-10(2)13-14(17-9-12(18-13)15(19)20)16-8-11-6-4-3-5-7-11/h9-11H,3-8H2,1-2H3,(H,16,17)(H,19,20). The van der Waals surface area contributed by atoms with Gasteiger partial charge in [0.2, 0.25) is 0 Å². The normalized spacial score (nSPS) is 16.4. The molecule has 1 aliphatic rings. The number of hydrogen-bond acceptors (Lipinski definition) is 4. The Kier molecular flexibility index (Phi) is 4.93. The summed E-state index contributed by atoms with van der Waals surface area (Å²) in [6, 6.07) is 0. The lowest BCUT2D eigenvalue weighted by Gasteiger charge is -2.23. The molecule has 0 bridgehead atoms. The first kappa shape index (κ1) is 14.8. The van der Waals surface area contributed by atoms with Crippen molar-refractivity contribution < 1.29 is 9.90 Å². The molecule has 0 aliphatic heterocycles. The highest BCUT2D eigenvalue weighted by Gasteiger charge is 2.17. The minimum Gasteiger partial charge on any atom is -0.476 e. The Balaban J connectivity index is 2.07. The molecule has 5 heteroatoms. The number of rotatable bonds is 5. The molecule has 2 rings (SSSR count). The van der Waals surface area contributed by atoms with E-state index in [1.54, 1.807) is 0 Å². The van der Waals surface area contributed by atoms with Crippen LogP contribution in [0.2, 0.25) is 0 Å². The Bertz CT molecular complexity index is 468. The van der Waals surface area contributed by atoms with E-state index in [-0.39, 0.29) is 11.6 Å². The number of nitrogens with one attached hydrogen (secondary N) is 1. The molecule has 0 aromatic carbocycles. The third-order valence-corrected chi connectivity index (χ3v) is 3.85. The number of nitrogens with zero attached hydrogens (tertiary/aromatic N) is 2. The molecule has 1 aromatic heterocycles. The second kappa shape index (κ2) is 6.68. The van der Waals surface area contributed by atoms with E-state index < -0.39 is 5.97 Å². The van der Waals surface area contributed by atoms with Gasteiger partial charge in [0, 0.05) is 6.54 Å². The van der Waals surface area contributed by atoms with Crippen molar-refractivity contribution in [3.8, 4) is 0 Å². The highest BCUT2D eigenvalue weighted by atomic mass is 16.4. The van der Waals surface area contributed by atoms with Gasteiger partial charge in [0.05, 0.1) is 11.9 Å². The Morgan fingerprint density at radius 3 is 2.70 bits per heavy atom. The molecule has 2 N–H and O–H groups in total. The summed E-state index contributed by atoms with van der Waals surface area (Å²) in [6.07, 6.45) is 7.84. The van der Waals surface area contributed by atoms with Gasteiger partial charge in [-0.15, -0.1) is 0 Å². The average molecular weight is 277 g/mol. The number of aromatic nitrogens is 2. The molecule has 0 atom stereocenters. The van der Waals surface area contributed by atoms with Crippen LogP contribution in [-0.2, 0) is 0 Å². The highest BCUT2D eigenvalue weighted by molar-refractivity contribution is 5.85. The molecule has 0 amide bonds. The molecule has 20 heavy (non-hydrogen) atoms. The van der Waals surface area contributed by atoms with Crippen molar-refractivity contribution in [3.05, 3.63) is 17.6 Å². The van der Waals surface area contributed by atoms with Gasteiger partial charge in [-0.25, -0.2) is 14.8 Å². The van der Waals surface area contributed by atoms with E-state index >= 15 is 0 Å². The molecule has 1 aliphatic carbocycles. The summed E-state index contributed by atoms with van der Waals surface area (Å²) < 4.78 is 0. The first-order chi connectivity index (χ1) is 9.58. The number of carboxylic acids is 1. The summed E-state index contributed by atoms with van der Waals surface area (Å²) in [6.45, 7) is 4.91. The van der Waals surface area contributed by atoms with Crippen molar-refractivity contribution in [2.75, 3.05) is 11.9 Å². The zero-order chi connectivity index (χ0) is 14.5. The summed E-state index contributed by atoms with van der Waals surface area (Å²) in [5.41, 5.74) is 0.748. The van der Waals surface area contributed by atoms with Crippen LogP contribution in [0.25, 0.3) is 0 Å². The quantitative estimate of drug-likeness (QED) is 0.863. The van der Waals surface area contributed by atoms with Crippen LogP contribution in [0, 0.1) is 5.92 Å². The Hall–Kier alpha value is -1.65. The van der Waals surface area contributed by atoms with Crippen LogP contribution >= 0.6 is 0 Å². The molecule has 1 fully saturated rings. The monoisotopic (exact) mass is 277 g/mol. The van der Waals surface area contributed by atoms with Gasteiger partial charge in [-0.3, -0.25) is 0 Å². The van der Waals surface area contributed by atoms with E-state index in [1.165, 1.54) is 38.3 Å². The minimum absolute atomic E-state index is 0.0110. The first-order valence-electron chi connectivity index (χ1n) is 7.42. The predicted molar refractivity (Wildman–Crippen MR) is 78.1 cm³/mol. The molecule has 1 saturated carbocycles. The maximum absolute atomic E-state index is 11.0. The van der Waals surface area contributed by atoms with Crippen LogP contribution in [0.4, 0.5) is 5.82 Å². The maximum Gasteiger partial charge on any atom is 0.356 e. The van der Waals surface area contributed by atoms with Crippen LogP contribution in [0.15, 0.2) is 6.20 Å². The van der Waals surface area contributed by atoms with Crippen LogP contribution in [0.3, 0.4) is 0 Å². The lowest BCUT2D eigenvalue weighted by Crippen LogP contribution is -2.19. The number of hydrogen-bond donors (Lipinski definition) is 2. The average Bonchev–Trinajstić information content (AvgIpc) is 2.45. The van der Waals surface area contributed by atoms with Crippen molar-refractivity contribution in [2.45, 2.75) is 51.9 Å². The van der Waals surface area contributed by atoms with E-state index in [4.69, 9.17) is 5.11 Å². The van der Waals surface area contributed by atoms with Crippen molar-refractivity contribution in [2.24, 2.45) is 5.92 Å². The van der Waals surface area contributed by atoms with Crippen LogP contribution in [0.1, 0.15) is 68.1 Å². The van der Waals surface area contributed by atoms with E-state index in [9.17, 15) is 4.79 Å². The van der Waals surface area contributed by atoms with Crippen molar-refractivity contribution in [1.82, 2.24) is 9.97 Å². The topological polar surface area (TPSA) is 75.1 Å². The van der Waals surface area contributed by atoms with Crippen LogP contribution < -0.4 is 5.32 Å². The van der Waals surface area contributed by atoms with Crippen LogP contribution in [0.5, 0.6) is 0 Å². The van der Waals surface area contributed by atoms with E-state index in [0.29, 0.717) is 5.92 Å². The SMILES string of the molecule is CC(C)c1nc(C(=O)O)cnc1NCC1CCCCC1. The fourth-order valence-electron chi connectivity index (χ4n) is 2.68. The van der Waals surface area contributed by atoms with Crippen LogP contribution in [-0.4, -0.2) is 27.6 Å². The third kappa shape index (κ3) is 3.68. The summed E-state index contributed by atoms with van der Waals surface area (Å²) in [7, 11) is 0. The molecule has 1 aromatic rings. The fraction of sp³-hybridized carbons (Fsp3) is 0.667. The summed E-state index contributed by atoms with van der Waals surface area (Å²) in [5, 5.41) is 12.4. The zero-order valence-electron chi connectivity index (χ0n) is 12.2. The van der Waals surface area contributed by atoms with Gasteiger partial charge in [-0.1, -0.05) is 33.1 Å². The van der Waals surface area contributed by atoms with Gasteiger partial charge in [-0.2, -0.15) is 0 Å². The molecule has 110 valence electrons. The smallest absolute Gasteiger partial charge is 0.356 e. The van der Waals surface area contributed by atoms with Crippen molar-refractivity contribution in [3.63, 3.8) is 0 Å². The molecular weight excluding hydrogens is 254 g/mol. The van der Waals surface area contributed by atoms with Gasteiger partial charge in [0.25, 0.3) is 0 Å². The molecular formula is C15H23N3O2. The molecule has 5 nitrogen and oxygen atoms in total. The largest absolute Gasteiger partial charge is 0.476 e. The number of aromatic carboxylic acids is 1. The zero-order valence-corrected chi connectivity index (χ0v) is 12.2. The molecule has 1 heterocycles. The highest BCUT2D eigenvalue weighted by Crippen LogP contribution is 2.25. The van der Waals surface area contributed by atoms with Gasteiger partial charge in [0.1, 0.15) is 5.82 Å². The lowest BCUT2D eigenvalue weighted by atomic mass is 9.89. The van der Waals surface area contributed by atoms with E-state index in [2.05, 4.69) is 15.3 Å². The third-order valence-electron chi connectivity index (χ3n) is 3.85. The molecule has 0 radical (unpaired) electrons. The number of anilines is 1. The Labute approximate surface area is 119 Å². The van der Waals surface area contributed by atoms with Gasteiger partial charge in [-0.05, 0) is 24.7 Å². The summed E-state index contributed by atoms with van der Waals surface area (Å²) in [4.78, 5) is 19.4. The minimum atomic E-state index is -1.03. The number of carboxylic acid groups (broad SMARTS) is 1. The second-order valence-corrected chi connectivity index (χ2v) is 5.83. The maximum atomic E-state index is 11.0. The Morgan fingerprint density at radius 1 is 1.40 bits per heavy atom. The van der Waals surface area contributed by atoms with E-state index in [0.717, 1.165) is 18.1 Å². The molecule has 0 spiro atoms. The summed E-state index contributed by atoms with van der Waals surface area (Å²) >= 11 is 0.